The summed E-state index contributed by atoms with van der Waals surface area (Å²) < 4.78 is 5.14. The number of nitrogens with zero attached hydrogens (tertiary/aromatic N) is 1. The number of amidine groups is 1. The van der Waals surface area contributed by atoms with E-state index in [9.17, 15) is 24.3 Å². The highest BCUT2D eigenvalue weighted by molar-refractivity contribution is 6.31. The maximum atomic E-state index is 13.0. The van der Waals surface area contributed by atoms with Crippen molar-refractivity contribution in [2.24, 2.45) is 0 Å². The van der Waals surface area contributed by atoms with Gasteiger partial charge in [0.05, 0.1) is 0 Å². The third-order valence-corrected chi connectivity index (χ3v) is 6.65. The number of rotatable bonds is 7. The van der Waals surface area contributed by atoms with E-state index in [4.69, 9.17) is 21.7 Å². The topological polar surface area (TPSA) is 161 Å². The summed E-state index contributed by atoms with van der Waals surface area (Å²) in [5.41, 5.74) is 1.15. The first-order chi connectivity index (χ1) is 18.7. The SMILES string of the molecule is CC(NC(=O)[C@H]1C[C@H](c2ccccc2)CN1C(=O)O)C(=O)NCc1ccc(C(=N)NC(=O)OC(C)(C)C)cc1Cl. The number of halogens is 1. The van der Waals surface area contributed by atoms with E-state index in [1.807, 2.05) is 30.3 Å². The van der Waals surface area contributed by atoms with Crippen LogP contribution < -0.4 is 16.0 Å². The predicted molar refractivity (Wildman–Crippen MR) is 149 cm³/mol. The standard InChI is InChI=1S/C28H34ClN5O6/c1-16(32-25(36)22-13-20(15-34(22)27(38)39)17-8-6-5-7-9-17)24(35)31-14-19-11-10-18(12-21(19)29)23(30)33-26(37)40-28(2,3)4/h5-12,16,20,22H,13-15H2,1-4H3,(H,31,35)(H,32,36)(H,38,39)(H2,30,33,37)/t16?,20-,22+/m0/s1. The van der Waals surface area contributed by atoms with E-state index in [2.05, 4.69) is 16.0 Å². The lowest BCUT2D eigenvalue weighted by Gasteiger charge is -2.22. The number of alkyl carbamates (subject to hydrolysis) is 1. The average molecular weight is 572 g/mol. The highest BCUT2D eigenvalue weighted by Crippen LogP contribution is 2.32. The minimum atomic E-state index is -1.19. The smallest absolute Gasteiger partial charge is 0.413 e. The molecule has 5 N–H and O–H groups in total. The maximum absolute atomic E-state index is 13.0. The molecule has 4 amide bonds. The van der Waals surface area contributed by atoms with Gasteiger partial charge in [-0.2, -0.15) is 0 Å². The van der Waals surface area contributed by atoms with Gasteiger partial charge in [0.1, 0.15) is 23.5 Å². The Labute approximate surface area is 237 Å². The Bertz CT molecular complexity index is 1280. The van der Waals surface area contributed by atoms with Gasteiger partial charge in [0, 0.05) is 29.6 Å². The molecule has 0 aliphatic carbocycles. The second-order valence-electron chi connectivity index (χ2n) is 10.6. The number of carbonyl (C=O) groups is 4. The van der Waals surface area contributed by atoms with Crippen molar-refractivity contribution < 1.29 is 29.0 Å². The van der Waals surface area contributed by atoms with Gasteiger partial charge in [-0.05, 0) is 51.3 Å². The van der Waals surface area contributed by atoms with Gasteiger partial charge < -0.3 is 20.5 Å². The minimum Gasteiger partial charge on any atom is -0.465 e. The monoisotopic (exact) mass is 571 g/mol. The summed E-state index contributed by atoms with van der Waals surface area (Å²) >= 11 is 6.34. The van der Waals surface area contributed by atoms with Gasteiger partial charge >= 0.3 is 12.2 Å². The summed E-state index contributed by atoms with van der Waals surface area (Å²) in [6, 6.07) is 12.2. The first-order valence-electron chi connectivity index (χ1n) is 12.7. The van der Waals surface area contributed by atoms with Gasteiger partial charge in [0.2, 0.25) is 11.8 Å². The average Bonchev–Trinajstić information content (AvgIpc) is 3.33. The van der Waals surface area contributed by atoms with E-state index >= 15 is 0 Å². The van der Waals surface area contributed by atoms with E-state index in [0.717, 1.165) is 10.5 Å². The molecule has 0 radical (unpaired) electrons. The Balaban J connectivity index is 1.54. The second kappa shape index (κ2) is 12.8. The van der Waals surface area contributed by atoms with Crippen molar-refractivity contribution in [3.8, 4) is 0 Å². The number of hydrogen-bond acceptors (Lipinski definition) is 6. The molecule has 0 aromatic heterocycles. The van der Waals surface area contributed by atoms with Crippen LogP contribution >= 0.6 is 11.6 Å². The zero-order valence-electron chi connectivity index (χ0n) is 22.8. The predicted octanol–water partition coefficient (Wildman–Crippen LogP) is 3.85. The van der Waals surface area contributed by atoms with Crippen molar-refractivity contribution >= 4 is 41.4 Å². The van der Waals surface area contributed by atoms with Crippen molar-refractivity contribution in [2.75, 3.05) is 6.54 Å². The summed E-state index contributed by atoms with van der Waals surface area (Å²) in [6.45, 7) is 6.88. The summed E-state index contributed by atoms with van der Waals surface area (Å²) in [5.74, 6) is -1.34. The second-order valence-corrected chi connectivity index (χ2v) is 11.0. The Hall–Kier alpha value is -4.12. The molecule has 3 rings (SSSR count). The van der Waals surface area contributed by atoms with Crippen molar-refractivity contribution in [3.05, 3.63) is 70.2 Å². The number of carbonyl (C=O) groups excluding carboxylic acids is 3. The molecule has 3 atom stereocenters. The van der Waals surface area contributed by atoms with Crippen LogP contribution in [0.5, 0.6) is 0 Å². The van der Waals surface area contributed by atoms with Crippen LogP contribution in [0.25, 0.3) is 0 Å². The Morgan fingerprint density at radius 1 is 1.15 bits per heavy atom. The Morgan fingerprint density at radius 2 is 1.82 bits per heavy atom. The molecule has 0 bridgehead atoms. The van der Waals surface area contributed by atoms with Crippen LogP contribution in [0.15, 0.2) is 48.5 Å². The van der Waals surface area contributed by atoms with Gasteiger partial charge in [-0.15, -0.1) is 0 Å². The third-order valence-electron chi connectivity index (χ3n) is 6.29. The van der Waals surface area contributed by atoms with Crippen LogP contribution in [0, 0.1) is 5.41 Å². The molecule has 1 fully saturated rings. The quantitative estimate of drug-likeness (QED) is 0.250. The lowest BCUT2D eigenvalue weighted by molar-refractivity contribution is -0.130. The summed E-state index contributed by atoms with van der Waals surface area (Å²) in [4.78, 5) is 50.5. The zero-order valence-corrected chi connectivity index (χ0v) is 23.5. The largest absolute Gasteiger partial charge is 0.465 e. The van der Waals surface area contributed by atoms with Gasteiger partial charge in [-0.3, -0.25) is 25.2 Å². The number of hydrogen-bond donors (Lipinski definition) is 5. The van der Waals surface area contributed by atoms with Crippen LogP contribution in [-0.2, 0) is 20.9 Å². The van der Waals surface area contributed by atoms with E-state index in [1.165, 1.54) is 13.0 Å². The molecule has 2 aromatic rings. The van der Waals surface area contributed by atoms with Crippen LogP contribution in [0.1, 0.15) is 56.7 Å². The Morgan fingerprint density at radius 3 is 2.42 bits per heavy atom. The molecule has 1 saturated heterocycles. The number of benzene rings is 2. The van der Waals surface area contributed by atoms with Crippen LogP contribution in [0.2, 0.25) is 5.02 Å². The van der Waals surface area contributed by atoms with Crippen molar-refractivity contribution in [1.82, 2.24) is 20.9 Å². The fourth-order valence-electron chi connectivity index (χ4n) is 4.30. The maximum Gasteiger partial charge on any atom is 0.413 e. The summed E-state index contributed by atoms with van der Waals surface area (Å²) in [7, 11) is 0. The summed E-state index contributed by atoms with van der Waals surface area (Å²) in [5, 5.41) is 25.6. The lowest BCUT2D eigenvalue weighted by atomic mass is 9.96. The number of likely N-dealkylation sites (tertiary alicyclic amines) is 1. The molecule has 0 saturated carbocycles. The van der Waals surface area contributed by atoms with E-state index in [0.29, 0.717) is 17.5 Å². The van der Waals surface area contributed by atoms with Crippen LogP contribution in [-0.4, -0.2) is 64.1 Å². The Kier molecular flexibility index (Phi) is 9.75. The van der Waals surface area contributed by atoms with Crippen LogP contribution in [0.4, 0.5) is 9.59 Å². The van der Waals surface area contributed by atoms with Gasteiger partial charge in [0.25, 0.3) is 0 Å². The van der Waals surface area contributed by atoms with Gasteiger partial charge in [-0.1, -0.05) is 54.1 Å². The minimum absolute atomic E-state index is 0.0474. The number of ether oxygens (including phenoxy) is 1. The number of nitrogens with one attached hydrogen (secondary N) is 4. The molecular weight excluding hydrogens is 538 g/mol. The number of amides is 4. The molecule has 2 aromatic carbocycles. The normalized spacial score (nSPS) is 17.5. The fraction of sp³-hybridized carbons (Fsp3) is 0.393. The molecule has 12 heteroatoms. The van der Waals surface area contributed by atoms with E-state index in [-0.39, 0.29) is 29.9 Å². The van der Waals surface area contributed by atoms with Crippen molar-refractivity contribution in [3.63, 3.8) is 0 Å². The van der Waals surface area contributed by atoms with Crippen LogP contribution in [0.3, 0.4) is 0 Å². The zero-order chi connectivity index (χ0) is 29.6. The molecular formula is C28H34ClN5O6. The fourth-order valence-corrected chi connectivity index (χ4v) is 4.54. The van der Waals surface area contributed by atoms with Crippen molar-refractivity contribution in [2.45, 2.75) is 64.3 Å². The first-order valence-corrected chi connectivity index (χ1v) is 13.1. The highest BCUT2D eigenvalue weighted by Gasteiger charge is 2.40. The number of carboxylic acid groups (broad SMARTS) is 1. The molecule has 1 aliphatic rings. The molecule has 1 heterocycles. The first kappa shape index (κ1) is 30.4. The third kappa shape index (κ3) is 8.19. The van der Waals surface area contributed by atoms with E-state index < -0.39 is 41.7 Å². The van der Waals surface area contributed by atoms with Gasteiger partial charge in [0.15, 0.2) is 0 Å². The lowest BCUT2D eigenvalue weighted by Crippen LogP contribution is -2.51. The molecule has 1 aliphatic heterocycles. The molecule has 40 heavy (non-hydrogen) atoms. The van der Waals surface area contributed by atoms with Crippen molar-refractivity contribution in [1.29, 1.82) is 5.41 Å². The molecule has 0 spiro atoms. The van der Waals surface area contributed by atoms with E-state index in [1.54, 1.807) is 32.9 Å². The molecule has 1 unspecified atom stereocenters. The highest BCUT2D eigenvalue weighted by atomic mass is 35.5. The van der Waals surface area contributed by atoms with Gasteiger partial charge in [-0.25, -0.2) is 9.59 Å². The molecule has 11 nitrogen and oxygen atoms in total. The molecule has 214 valence electrons. The summed E-state index contributed by atoms with van der Waals surface area (Å²) in [6.07, 6.45) is -1.64.